The number of carbonyl (C=O) groups excluding carboxylic acids is 1. The molecular weight excluding hydrogens is 413 g/mol. The fourth-order valence-electron chi connectivity index (χ4n) is 2.86. The number of carbonyl (C=O) groups is 1. The number of anilines is 1. The number of hydrogen-bond donors (Lipinski definition) is 2. The molecular formula is C19H22F5N3O3. The Morgan fingerprint density at radius 3 is 2.57 bits per heavy atom. The third-order valence-electron chi connectivity index (χ3n) is 4.73. The van der Waals surface area contributed by atoms with Crippen LogP contribution in [0.2, 0.25) is 0 Å². The number of alkyl halides is 5. The van der Waals surface area contributed by atoms with Crippen molar-refractivity contribution in [3.05, 3.63) is 24.0 Å². The summed E-state index contributed by atoms with van der Waals surface area (Å²) in [5.74, 6) is -3.83. The first-order valence-corrected chi connectivity index (χ1v) is 9.49. The van der Waals surface area contributed by atoms with Crippen molar-refractivity contribution in [3.63, 3.8) is 0 Å². The Morgan fingerprint density at radius 1 is 1.37 bits per heavy atom. The second-order valence-electron chi connectivity index (χ2n) is 7.55. The van der Waals surface area contributed by atoms with E-state index < -0.39 is 43.3 Å². The predicted molar refractivity (Wildman–Crippen MR) is 98.2 cm³/mol. The third-order valence-corrected chi connectivity index (χ3v) is 4.73. The molecule has 0 bridgehead atoms. The normalized spacial score (nSPS) is 19.8. The molecule has 1 saturated heterocycles. The highest BCUT2D eigenvalue weighted by Gasteiger charge is 2.48. The summed E-state index contributed by atoms with van der Waals surface area (Å²) in [6, 6.07) is 1.18. The lowest BCUT2D eigenvalue weighted by Crippen LogP contribution is -2.56. The van der Waals surface area contributed by atoms with Crippen molar-refractivity contribution in [2.75, 3.05) is 24.6 Å². The highest BCUT2D eigenvalue weighted by atomic mass is 19.4. The van der Waals surface area contributed by atoms with Crippen molar-refractivity contribution in [2.24, 2.45) is 0 Å². The summed E-state index contributed by atoms with van der Waals surface area (Å²) in [4.78, 5) is 17.5. The quantitative estimate of drug-likeness (QED) is 0.614. The number of nitrogens with zero attached hydrogens (tertiary/aromatic N) is 2. The number of hydrogen-bond acceptors (Lipinski definition) is 5. The maximum Gasteiger partial charge on any atom is 0.422 e. The van der Waals surface area contributed by atoms with E-state index in [9.17, 15) is 31.9 Å². The SMILES string of the molecule is CCC/C=C(/NC(=O)C1(O)CC1)c1cc(OCC(F)(F)F)c(N2CC(F)(F)C2)cn1. The average Bonchev–Trinajstić information content (AvgIpc) is 3.39. The number of nitrogens with one attached hydrogen (secondary N) is 1. The highest BCUT2D eigenvalue weighted by molar-refractivity contribution is 5.94. The van der Waals surface area contributed by atoms with E-state index in [1.54, 1.807) is 6.08 Å². The van der Waals surface area contributed by atoms with Crippen molar-refractivity contribution in [2.45, 2.75) is 50.3 Å². The van der Waals surface area contributed by atoms with E-state index in [0.29, 0.717) is 19.3 Å². The van der Waals surface area contributed by atoms with Gasteiger partial charge in [0.2, 0.25) is 0 Å². The zero-order valence-corrected chi connectivity index (χ0v) is 16.2. The van der Waals surface area contributed by atoms with Crippen molar-refractivity contribution in [1.82, 2.24) is 10.3 Å². The number of aliphatic hydroxyl groups is 1. The number of ether oxygens (including phenoxy) is 1. The lowest BCUT2D eigenvalue weighted by Gasteiger charge is -2.40. The summed E-state index contributed by atoms with van der Waals surface area (Å²) in [6.07, 6.45) is 0.0519. The minimum atomic E-state index is -4.62. The minimum Gasteiger partial charge on any atom is -0.482 e. The van der Waals surface area contributed by atoms with Crippen LogP contribution in [0.25, 0.3) is 5.70 Å². The Labute approximate surface area is 169 Å². The van der Waals surface area contributed by atoms with E-state index in [2.05, 4.69) is 10.3 Å². The summed E-state index contributed by atoms with van der Waals surface area (Å²) in [7, 11) is 0. The maximum atomic E-state index is 13.2. The number of unbranched alkanes of at least 4 members (excludes halogenated alkanes) is 1. The van der Waals surface area contributed by atoms with Crippen LogP contribution in [0.5, 0.6) is 5.75 Å². The van der Waals surface area contributed by atoms with Gasteiger partial charge in [0.15, 0.2) is 6.61 Å². The maximum absolute atomic E-state index is 13.2. The van der Waals surface area contributed by atoms with E-state index in [0.717, 1.165) is 12.6 Å². The molecule has 2 N–H and O–H groups in total. The largest absolute Gasteiger partial charge is 0.482 e. The summed E-state index contributed by atoms with van der Waals surface area (Å²) >= 11 is 0. The lowest BCUT2D eigenvalue weighted by atomic mass is 10.1. The van der Waals surface area contributed by atoms with Gasteiger partial charge >= 0.3 is 6.18 Å². The second kappa shape index (κ2) is 8.01. The number of allylic oxidation sites excluding steroid dienone is 1. The molecule has 0 spiro atoms. The summed E-state index contributed by atoms with van der Waals surface area (Å²) in [5.41, 5.74) is -1.13. The Morgan fingerprint density at radius 2 is 2.03 bits per heavy atom. The first-order chi connectivity index (χ1) is 13.9. The monoisotopic (exact) mass is 435 g/mol. The van der Waals surface area contributed by atoms with Gasteiger partial charge in [0.25, 0.3) is 11.8 Å². The molecule has 1 aliphatic heterocycles. The van der Waals surface area contributed by atoms with E-state index in [4.69, 9.17) is 4.74 Å². The van der Waals surface area contributed by atoms with E-state index in [-0.39, 0.29) is 22.8 Å². The van der Waals surface area contributed by atoms with Crippen LogP contribution in [0.4, 0.5) is 27.6 Å². The summed E-state index contributed by atoms with van der Waals surface area (Å²) < 4.78 is 69.3. The second-order valence-corrected chi connectivity index (χ2v) is 7.55. The zero-order valence-electron chi connectivity index (χ0n) is 16.2. The molecule has 0 unspecified atom stereocenters. The van der Waals surface area contributed by atoms with Gasteiger partial charge in [0.05, 0.1) is 36.4 Å². The molecule has 1 aromatic rings. The molecule has 1 aromatic heterocycles. The third kappa shape index (κ3) is 5.38. The van der Waals surface area contributed by atoms with Crippen LogP contribution >= 0.6 is 0 Å². The van der Waals surface area contributed by atoms with E-state index in [1.807, 2.05) is 6.92 Å². The van der Waals surface area contributed by atoms with Gasteiger partial charge in [-0.3, -0.25) is 9.78 Å². The van der Waals surface area contributed by atoms with Gasteiger partial charge in [-0.05, 0) is 19.3 Å². The van der Waals surface area contributed by atoms with Gasteiger partial charge in [-0.2, -0.15) is 13.2 Å². The molecule has 1 amide bonds. The van der Waals surface area contributed by atoms with E-state index >= 15 is 0 Å². The fraction of sp³-hybridized carbons (Fsp3) is 0.579. The van der Waals surface area contributed by atoms with Gasteiger partial charge in [0, 0.05) is 6.07 Å². The Hall–Kier alpha value is -2.43. The van der Waals surface area contributed by atoms with Crippen molar-refractivity contribution >= 4 is 17.3 Å². The number of aromatic nitrogens is 1. The van der Waals surface area contributed by atoms with Crippen LogP contribution < -0.4 is 15.0 Å². The molecule has 166 valence electrons. The zero-order chi connectivity index (χ0) is 22.2. The van der Waals surface area contributed by atoms with Crippen LogP contribution in [-0.4, -0.2) is 53.4 Å². The number of amides is 1. The molecule has 1 aliphatic carbocycles. The number of pyridine rings is 1. The smallest absolute Gasteiger partial charge is 0.422 e. The Balaban J connectivity index is 1.88. The number of rotatable bonds is 8. The van der Waals surface area contributed by atoms with Crippen LogP contribution in [0.3, 0.4) is 0 Å². The summed E-state index contributed by atoms with van der Waals surface area (Å²) in [6.45, 7) is -1.02. The van der Waals surface area contributed by atoms with Crippen molar-refractivity contribution in [3.8, 4) is 5.75 Å². The highest BCUT2D eigenvalue weighted by Crippen LogP contribution is 2.39. The van der Waals surface area contributed by atoms with Crippen LogP contribution in [0.1, 0.15) is 38.3 Å². The molecule has 0 radical (unpaired) electrons. The predicted octanol–water partition coefficient (Wildman–Crippen LogP) is 3.26. The molecule has 0 aromatic carbocycles. The molecule has 6 nitrogen and oxygen atoms in total. The molecule has 30 heavy (non-hydrogen) atoms. The van der Waals surface area contributed by atoms with E-state index in [1.165, 1.54) is 11.0 Å². The summed E-state index contributed by atoms with van der Waals surface area (Å²) in [5, 5.41) is 12.5. The first-order valence-electron chi connectivity index (χ1n) is 9.49. The molecule has 0 atom stereocenters. The fourth-order valence-corrected chi connectivity index (χ4v) is 2.86. The molecule has 3 rings (SSSR count). The molecule has 1 saturated carbocycles. The van der Waals surface area contributed by atoms with Crippen molar-refractivity contribution in [1.29, 1.82) is 0 Å². The Bertz CT molecular complexity index is 829. The topological polar surface area (TPSA) is 74.7 Å². The molecule has 2 aliphatic rings. The van der Waals surface area contributed by atoms with Gasteiger partial charge < -0.3 is 20.1 Å². The molecule has 2 fully saturated rings. The van der Waals surface area contributed by atoms with Gasteiger partial charge in [-0.25, -0.2) is 8.78 Å². The number of halogens is 5. The lowest BCUT2D eigenvalue weighted by molar-refractivity contribution is -0.153. The minimum absolute atomic E-state index is 0.0101. The van der Waals surface area contributed by atoms with Crippen molar-refractivity contribution < 1.29 is 36.6 Å². The Kier molecular flexibility index (Phi) is 5.94. The molecule has 2 heterocycles. The van der Waals surface area contributed by atoms with Crippen LogP contribution in [-0.2, 0) is 4.79 Å². The first kappa shape index (κ1) is 22.3. The average molecular weight is 435 g/mol. The molecule has 11 heteroatoms. The van der Waals surface area contributed by atoms with Gasteiger partial charge in [0.1, 0.15) is 11.4 Å². The van der Waals surface area contributed by atoms with Gasteiger partial charge in [-0.1, -0.05) is 19.4 Å². The standard InChI is InChI=1S/C19H22F5N3O3/c1-2-3-4-12(26-16(28)17(29)5-6-17)13-7-15(30-11-19(22,23)24)14(8-25-13)27-9-18(20,21)10-27/h4,7-8,29H,2-3,5-6,9-11H2,1H3,(H,26,28)/b12-4+. The van der Waals surface area contributed by atoms with Crippen LogP contribution in [0.15, 0.2) is 18.3 Å². The van der Waals surface area contributed by atoms with Crippen LogP contribution in [0, 0.1) is 0 Å². The van der Waals surface area contributed by atoms with Gasteiger partial charge in [-0.15, -0.1) is 0 Å².